The summed E-state index contributed by atoms with van der Waals surface area (Å²) in [5.41, 5.74) is 1.10. The van der Waals surface area contributed by atoms with Gasteiger partial charge >= 0.3 is 12.0 Å². The molecule has 0 aliphatic rings. The number of aliphatic carboxylic acids is 1. The summed E-state index contributed by atoms with van der Waals surface area (Å²) in [7, 11) is 0. The van der Waals surface area contributed by atoms with E-state index < -0.39 is 18.5 Å². The number of terminal acetylenes is 1. The number of carbonyl (C=O) groups excluding carboxylic acids is 1. The predicted molar refractivity (Wildman–Crippen MR) is 76.2 cm³/mol. The maximum absolute atomic E-state index is 11.9. The van der Waals surface area contributed by atoms with E-state index in [-0.39, 0.29) is 12.6 Å². The van der Waals surface area contributed by atoms with Gasteiger partial charge in [0.15, 0.2) is 0 Å². The lowest BCUT2D eigenvalue weighted by molar-refractivity contribution is -0.137. The van der Waals surface area contributed by atoms with Gasteiger partial charge in [0, 0.05) is 6.04 Å². The van der Waals surface area contributed by atoms with Gasteiger partial charge in [-0.05, 0) is 18.9 Å². The lowest BCUT2D eigenvalue weighted by atomic mass is 10.1. The van der Waals surface area contributed by atoms with E-state index in [1.807, 2.05) is 37.3 Å². The molecule has 1 aromatic carbocycles. The van der Waals surface area contributed by atoms with Gasteiger partial charge in [0.05, 0.1) is 6.54 Å². The number of urea groups is 1. The molecular formula is C15H18N2O3. The van der Waals surface area contributed by atoms with Gasteiger partial charge in [-0.15, -0.1) is 6.42 Å². The fraction of sp³-hybridized carbons (Fsp3) is 0.333. The number of nitrogens with zero attached hydrogens (tertiary/aromatic N) is 1. The summed E-state index contributed by atoms with van der Waals surface area (Å²) < 4.78 is 0. The number of carboxylic acid groups (broad SMARTS) is 1. The van der Waals surface area contributed by atoms with Crippen molar-refractivity contribution in [3.05, 3.63) is 35.9 Å². The lowest BCUT2D eigenvalue weighted by Crippen LogP contribution is -2.46. The molecule has 0 saturated heterocycles. The van der Waals surface area contributed by atoms with E-state index in [2.05, 4.69) is 11.2 Å². The Hall–Kier alpha value is -2.48. The van der Waals surface area contributed by atoms with Crippen LogP contribution < -0.4 is 5.32 Å². The molecule has 0 spiro atoms. The molecule has 0 saturated carbocycles. The van der Waals surface area contributed by atoms with Crippen molar-refractivity contribution >= 4 is 12.0 Å². The zero-order chi connectivity index (χ0) is 15.0. The van der Waals surface area contributed by atoms with Crippen molar-refractivity contribution in [2.24, 2.45) is 0 Å². The molecule has 5 nitrogen and oxygen atoms in total. The van der Waals surface area contributed by atoms with Crippen LogP contribution in [0.4, 0.5) is 4.79 Å². The normalized spacial score (nSPS) is 11.2. The number of nitrogens with one attached hydrogen (secondary N) is 1. The van der Waals surface area contributed by atoms with Gasteiger partial charge in [0.25, 0.3) is 0 Å². The smallest absolute Gasteiger partial charge is 0.323 e. The number of carbonyl (C=O) groups is 2. The van der Waals surface area contributed by atoms with Gasteiger partial charge < -0.3 is 15.3 Å². The van der Waals surface area contributed by atoms with Crippen molar-refractivity contribution < 1.29 is 14.7 Å². The Morgan fingerprint density at radius 1 is 1.40 bits per heavy atom. The van der Waals surface area contributed by atoms with Crippen LogP contribution in [-0.2, 0) is 11.2 Å². The van der Waals surface area contributed by atoms with E-state index >= 15 is 0 Å². The molecule has 0 aromatic heterocycles. The molecule has 0 aliphatic carbocycles. The van der Waals surface area contributed by atoms with Gasteiger partial charge in [-0.25, -0.2) is 4.79 Å². The third-order valence-electron chi connectivity index (χ3n) is 2.65. The highest BCUT2D eigenvalue weighted by Crippen LogP contribution is 2.03. The SMILES string of the molecule is C#CCN(CC(=O)O)C(=O)NC(C)Cc1ccccc1. The third-order valence-corrected chi connectivity index (χ3v) is 2.65. The molecule has 106 valence electrons. The summed E-state index contributed by atoms with van der Waals surface area (Å²) in [6.07, 6.45) is 5.80. The van der Waals surface area contributed by atoms with Gasteiger partial charge in [0.2, 0.25) is 0 Å². The van der Waals surface area contributed by atoms with Crippen LogP contribution in [0.1, 0.15) is 12.5 Å². The van der Waals surface area contributed by atoms with Crippen LogP contribution in [0.3, 0.4) is 0 Å². The fourth-order valence-electron chi connectivity index (χ4n) is 1.79. The van der Waals surface area contributed by atoms with Crippen molar-refractivity contribution in [2.45, 2.75) is 19.4 Å². The number of hydrogen-bond acceptors (Lipinski definition) is 2. The first-order valence-corrected chi connectivity index (χ1v) is 6.27. The van der Waals surface area contributed by atoms with Crippen LogP contribution in [0.15, 0.2) is 30.3 Å². The van der Waals surface area contributed by atoms with Gasteiger partial charge in [-0.1, -0.05) is 36.3 Å². The minimum atomic E-state index is -1.09. The van der Waals surface area contributed by atoms with E-state index in [9.17, 15) is 9.59 Å². The van der Waals surface area contributed by atoms with Gasteiger partial charge in [0.1, 0.15) is 6.54 Å². The standard InChI is InChI=1S/C15H18N2O3/c1-3-9-17(11-14(18)19)15(20)16-12(2)10-13-7-5-4-6-8-13/h1,4-8,12H,9-11H2,2H3,(H,16,20)(H,18,19). The minimum Gasteiger partial charge on any atom is -0.480 e. The van der Waals surface area contributed by atoms with Crippen molar-refractivity contribution in [1.29, 1.82) is 0 Å². The molecule has 0 heterocycles. The van der Waals surface area contributed by atoms with E-state index in [4.69, 9.17) is 11.5 Å². The van der Waals surface area contributed by atoms with Crippen LogP contribution in [0.25, 0.3) is 0 Å². The van der Waals surface area contributed by atoms with Crippen molar-refractivity contribution in [1.82, 2.24) is 10.2 Å². The van der Waals surface area contributed by atoms with E-state index in [1.54, 1.807) is 0 Å². The first-order chi connectivity index (χ1) is 9.52. The molecule has 0 radical (unpaired) electrons. The van der Waals surface area contributed by atoms with Gasteiger partial charge in [-0.3, -0.25) is 4.79 Å². The Kier molecular flexibility index (Phi) is 6.11. The molecule has 0 bridgehead atoms. The molecule has 0 aliphatic heterocycles. The highest BCUT2D eigenvalue weighted by atomic mass is 16.4. The average Bonchev–Trinajstić information content (AvgIpc) is 2.38. The van der Waals surface area contributed by atoms with Crippen LogP contribution in [0.5, 0.6) is 0 Å². The van der Waals surface area contributed by atoms with Crippen molar-refractivity contribution in [3.8, 4) is 12.3 Å². The Bertz CT molecular complexity index is 494. The summed E-state index contributed by atoms with van der Waals surface area (Å²) in [6.45, 7) is 1.42. The number of carboxylic acids is 1. The predicted octanol–water partition coefficient (Wildman–Crippen LogP) is 1.35. The zero-order valence-corrected chi connectivity index (χ0v) is 11.4. The molecule has 1 rings (SSSR count). The molecule has 1 unspecified atom stereocenters. The summed E-state index contributed by atoms with van der Waals surface area (Å²) in [6, 6.07) is 9.15. The largest absolute Gasteiger partial charge is 0.480 e. The third kappa shape index (κ3) is 5.44. The quantitative estimate of drug-likeness (QED) is 0.769. The topological polar surface area (TPSA) is 69.6 Å². The van der Waals surface area contributed by atoms with E-state index in [1.165, 1.54) is 0 Å². The van der Waals surface area contributed by atoms with Crippen LogP contribution in [0.2, 0.25) is 0 Å². The average molecular weight is 274 g/mol. The first kappa shape index (κ1) is 15.6. The summed E-state index contributed by atoms with van der Waals surface area (Å²) in [4.78, 5) is 23.7. The summed E-state index contributed by atoms with van der Waals surface area (Å²) in [5, 5.41) is 11.5. The Morgan fingerprint density at radius 3 is 2.60 bits per heavy atom. The number of amides is 2. The molecule has 20 heavy (non-hydrogen) atoms. The highest BCUT2D eigenvalue weighted by molar-refractivity contribution is 5.80. The number of hydrogen-bond donors (Lipinski definition) is 2. The maximum Gasteiger partial charge on any atom is 0.323 e. The monoisotopic (exact) mass is 274 g/mol. The molecule has 2 N–H and O–H groups in total. The van der Waals surface area contributed by atoms with Crippen molar-refractivity contribution in [3.63, 3.8) is 0 Å². The Morgan fingerprint density at radius 2 is 2.05 bits per heavy atom. The second-order valence-corrected chi connectivity index (χ2v) is 4.49. The van der Waals surface area contributed by atoms with E-state index in [0.717, 1.165) is 10.5 Å². The van der Waals surface area contributed by atoms with E-state index in [0.29, 0.717) is 6.42 Å². The second-order valence-electron chi connectivity index (χ2n) is 4.49. The number of benzene rings is 1. The van der Waals surface area contributed by atoms with Crippen LogP contribution in [0, 0.1) is 12.3 Å². The molecule has 0 fully saturated rings. The molecule has 2 amide bonds. The lowest BCUT2D eigenvalue weighted by Gasteiger charge is -2.22. The Balaban J connectivity index is 2.54. The highest BCUT2D eigenvalue weighted by Gasteiger charge is 2.17. The fourth-order valence-corrected chi connectivity index (χ4v) is 1.79. The zero-order valence-electron chi connectivity index (χ0n) is 11.4. The van der Waals surface area contributed by atoms with Gasteiger partial charge in [-0.2, -0.15) is 0 Å². The van der Waals surface area contributed by atoms with Crippen LogP contribution >= 0.6 is 0 Å². The second kappa shape index (κ2) is 7.85. The minimum absolute atomic E-state index is 0.0316. The molecule has 1 aromatic rings. The number of rotatable bonds is 6. The molecular weight excluding hydrogens is 256 g/mol. The molecule has 5 heteroatoms. The Labute approximate surface area is 118 Å². The van der Waals surface area contributed by atoms with Crippen molar-refractivity contribution in [2.75, 3.05) is 13.1 Å². The summed E-state index contributed by atoms with van der Waals surface area (Å²) in [5.74, 6) is 1.19. The summed E-state index contributed by atoms with van der Waals surface area (Å²) >= 11 is 0. The van der Waals surface area contributed by atoms with Crippen LogP contribution in [-0.4, -0.2) is 41.1 Å². The molecule has 1 atom stereocenters. The first-order valence-electron chi connectivity index (χ1n) is 6.27. The maximum atomic E-state index is 11.9.